The third kappa shape index (κ3) is 4.06. The molecule has 0 aliphatic heterocycles. The van der Waals surface area contributed by atoms with Crippen LogP contribution in [0.5, 0.6) is 0 Å². The second-order valence-corrected chi connectivity index (χ2v) is 8.55. The van der Waals surface area contributed by atoms with Gasteiger partial charge in [-0.05, 0) is 42.5 Å². The molecule has 1 aromatic heterocycles. The molecule has 3 nitrogen and oxygen atoms in total. The quantitative estimate of drug-likeness (QED) is 0.482. The number of rotatable bonds is 4. The van der Waals surface area contributed by atoms with Crippen molar-refractivity contribution in [2.45, 2.75) is 30.5 Å². The van der Waals surface area contributed by atoms with Crippen LogP contribution in [0.25, 0.3) is 10.2 Å². The number of fused-ring (bicyclic) bond motifs is 1. The maximum Gasteiger partial charge on any atom is 0.279 e. The molecule has 0 saturated heterocycles. The SMILES string of the molecule is C#CCn1c(=NC(=O)c2ccc(SC(C)C)cc2)sc2cc(F)ccc21. The van der Waals surface area contributed by atoms with Crippen LogP contribution in [-0.2, 0) is 6.54 Å². The number of halogens is 1. The number of amides is 1. The summed E-state index contributed by atoms with van der Waals surface area (Å²) < 4.78 is 15.9. The average Bonchev–Trinajstić information content (AvgIpc) is 2.91. The van der Waals surface area contributed by atoms with Gasteiger partial charge in [0.05, 0.1) is 16.8 Å². The fraction of sp³-hybridized carbons (Fsp3) is 0.200. The van der Waals surface area contributed by atoms with Crippen molar-refractivity contribution in [2.75, 3.05) is 0 Å². The second-order valence-electron chi connectivity index (χ2n) is 5.89. The molecular formula is C20H17FN2OS2. The lowest BCUT2D eigenvalue weighted by Crippen LogP contribution is -2.16. The van der Waals surface area contributed by atoms with Gasteiger partial charge in [0.15, 0.2) is 4.80 Å². The van der Waals surface area contributed by atoms with Gasteiger partial charge >= 0.3 is 0 Å². The zero-order chi connectivity index (χ0) is 18.7. The molecule has 1 amide bonds. The van der Waals surface area contributed by atoms with Gasteiger partial charge in [-0.2, -0.15) is 4.99 Å². The lowest BCUT2D eigenvalue weighted by molar-refractivity contribution is 0.0998. The first-order valence-corrected chi connectivity index (χ1v) is 9.75. The van der Waals surface area contributed by atoms with Crippen LogP contribution >= 0.6 is 23.1 Å². The van der Waals surface area contributed by atoms with E-state index in [1.807, 2.05) is 12.1 Å². The van der Waals surface area contributed by atoms with Crippen LogP contribution < -0.4 is 4.80 Å². The van der Waals surface area contributed by atoms with Crippen molar-refractivity contribution >= 4 is 39.2 Å². The summed E-state index contributed by atoms with van der Waals surface area (Å²) in [5.74, 6) is 1.88. The molecule has 1 heterocycles. The molecule has 6 heteroatoms. The Balaban J connectivity index is 1.99. The fourth-order valence-electron chi connectivity index (χ4n) is 2.48. The summed E-state index contributed by atoms with van der Waals surface area (Å²) in [4.78, 5) is 18.3. The van der Waals surface area contributed by atoms with Crippen LogP contribution in [-0.4, -0.2) is 15.7 Å². The van der Waals surface area contributed by atoms with Crippen molar-refractivity contribution in [3.8, 4) is 12.3 Å². The summed E-state index contributed by atoms with van der Waals surface area (Å²) >= 11 is 2.98. The summed E-state index contributed by atoms with van der Waals surface area (Å²) in [6, 6.07) is 11.8. The van der Waals surface area contributed by atoms with E-state index < -0.39 is 0 Å². The molecule has 0 saturated carbocycles. The molecule has 0 bridgehead atoms. The second kappa shape index (κ2) is 7.90. The number of nitrogens with zero attached hydrogens (tertiary/aromatic N) is 2. The molecule has 0 aliphatic rings. The van der Waals surface area contributed by atoms with Gasteiger partial charge in [0.1, 0.15) is 5.82 Å². The van der Waals surface area contributed by atoms with Crippen molar-refractivity contribution in [3.05, 3.63) is 58.6 Å². The van der Waals surface area contributed by atoms with E-state index in [1.54, 1.807) is 34.5 Å². The third-order valence-corrected chi connectivity index (χ3v) is 5.62. The van der Waals surface area contributed by atoms with Crippen LogP contribution in [0, 0.1) is 18.2 Å². The van der Waals surface area contributed by atoms with Crippen LogP contribution in [0.15, 0.2) is 52.4 Å². The van der Waals surface area contributed by atoms with E-state index in [4.69, 9.17) is 6.42 Å². The van der Waals surface area contributed by atoms with Crippen LogP contribution in [0.1, 0.15) is 24.2 Å². The standard InChI is InChI=1S/C20H17FN2OS2/c1-4-11-23-17-10-7-15(21)12-18(17)26-20(23)22-19(24)14-5-8-16(9-6-14)25-13(2)3/h1,5-10,12-13H,11H2,2-3H3. The summed E-state index contributed by atoms with van der Waals surface area (Å²) in [5.41, 5.74) is 1.28. The number of thioether (sulfide) groups is 1. The number of carbonyl (C=O) groups excluding carboxylic acids is 1. The lowest BCUT2D eigenvalue weighted by Gasteiger charge is -2.04. The number of thiazole rings is 1. The summed E-state index contributed by atoms with van der Waals surface area (Å²) in [6.45, 7) is 4.50. The highest BCUT2D eigenvalue weighted by atomic mass is 32.2. The highest BCUT2D eigenvalue weighted by molar-refractivity contribution is 7.99. The van der Waals surface area contributed by atoms with Gasteiger partial charge in [0, 0.05) is 15.7 Å². The average molecular weight is 385 g/mol. The van der Waals surface area contributed by atoms with Crippen LogP contribution in [0.4, 0.5) is 4.39 Å². The normalized spacial score (nSPS) is 11.9. The molecular weight excluding hydrogens is 367 g/mol. The molecule has 0 unspecified atom stereocenters. The number of aromatic nitrogens is 1. The Kier molecular flexibility index (Phi) is 5.60. The maximum absolute atomic E-state index is 13.5. The van der Waals surface area contributed by atoms with Gasteiger partial charge in [-0.15, -0.1) is 18.2 Å². The summed E-state index contributed by atoms with van der Waals surface area (Å²) in [7, 11) is 0. The minimum atomic E-state index is -0.344. The van der Waals surface area contributed by atoms with Crippen molar-refractivity contribution in [3.63, 3.8) is 0 Å². The van der Waals surface area contributed by atoms with Gasteiger partial charge in [0.25, 0.3) is 5.91 Å². The van der Waals surface area contributed by atoms with Crippen LogP contribution in [0.2, 0.25) is 0 Å². The van der Waals surface area contributed by atoms with Gasteiger partial charge in [-0.25, -0.2) is 4.39 Å². The first-order valence-electron chi connectivity index (χ1n) is 8.06. The highest BCUT2D eigenvalue weighted by Gasteiger charge is 2.10. The van der Waals surface area contributed by atoms with Crippen LogP contribution in [0.3, 0.4) is 0 Å². The van der Waals surface area contributed by atoms with E-state index in [0.717, 1.165) is 10.4 Å². The smallest absolute Gasteiger partial charge is 0.279 e. The highest BCUT2D eigenvalue weighted by Crippen LogP contribution is 2.23. The van der Waals surface area contributed by atoms with E-state index in [1.165, 1.54) is 23.5 Å². The van der Waals surface area contributed by atoms with E-state index in [2.05, 4.69) is 24.8 Å². The molecule has 0 N–H and O–H groups in total. The zero-order valence-corrected chi connectivity index (χ0v) is 16.0. The number of hydrogen-bond donors (Lipinski definition) is 0. The summed E-state index contributed by atoms with van der Waals surface area (Å²) in [6.07, 6.45) is 5.44. The molecule has 3 rings (SSSR count). The molecule has 0 fully saturated rings. The number of benzene rings is 2. The molecule has 0 radical (unpaired) electrons. The van der Waals surface area contributed by atoms with Crippen molar-refractivity contribution in [1.82, 2.24) is 4.57 Å². The van der Waals surface area contributed by atoms with Crippen molar-refractivity contribution in [2.24, 2.45) is 4.99 Å². The molecule has 0 spiro atoms. The number of hydrogen-bond acceptors (Lipinski definition) is 3. The Morgan fingerprint density at radius 1 is 1.31 bits per heavy atom. The minimum absolute atomic E-state index is 0.266. The van der Waals surface area contributed by atoms with E-state index in [-0.39, 0.29) is 18.3 Å². The summed E-state index contributed by atoms with van der Waals surface area (Å²) in [5, 5.41) is 0.475. The topological polar surface area (TPSA) is 34.4 Å². The van der Waals surface area contributed by atoms with Crippen molar-refractivity contribution < 1.29 is 9.18 Å². The molecule has 26 heavy (non-hydrogen) atoms. The molecule has 3 aromatic rings. The van der Waals surface area contributed by atoms with Gasteiger partial charge in [0.2, 0.25) is 0 Å². The van der Waals surface area contributed by atoms with E-state index in [9.17, 15) is 9.18 Å². The minimum Gasteiger partial charge on any atom is -0.305 e. The monoisotopic (exact) mass is 384 g/mol. The number of terminal acetylenes is 1. The predicted octanol–water partition coefficient (Wildman–Crippen LogP) is 4.72. The first-order chi connectivity index (χ1) is 12.5. The Morgan fingerprint density at radius 2 is 2.04 bits per heavy atom. The predicted molar refractivity (Wildman–Crippen MR) is 106 cm³/mol. The first kappa shape index (κ1) is 18.4. The Hall–Kier alpha value is -2.36. The molecule has 0 atom stereocenters. The largest absolute Gasteiger partial charge is 0.305 e. The number of carbonyl (C=O) groups is 1. The fourth-order valence-corrected chi connectivity index (χ4v) is 4.37. The Morgan fingerprint density at radius 3 is 2.69 bits per heavy atom. The van der Waals surface area contributed by atoms with Gasteiger partial charge in [-0.3, -0.25) is 4.79 Å². The molecule has 2 aromatic carbocycles. The Labute approximate surface area is 159 Å². The molecule has 132 valence electrons. The Bertz CT molecular complexity index is 1060. The lowest BCUT2D eigenvalue weighted by atomic mass is 10.2. The molecule has 0 aliphatic carbocycles. The van der Waals surface area contributed by atoms with E-state index in [0.29, 0.717) is 20.3 Å². The third-order valence-electron chi connectivity index (χ3n) is 3.56. The van der Waals surface area contributed by atoms with Gasteiger partial charge < -0.3 is 4.57 Å². The van der Waals surface area contributed by atoms with Gasteiger partial charge in [-0.1, -0.05) is 31.1 Å². The zero-order valence-electron chi connectivity index (χ0n) is 14.4. The maximum atomic E-state index is 13.5. The van der Waals surface area contributed by atoms with E-state index >= 15 is 0 Å². The van der Waals surface area contributed by atoms with Crippen molar-refractivity contribution in [1.29, 1.82) is 0 Å².